The van der Waals surface area contributed by atoms with E-state index in [0.29, 0.717) is 5.41 Å². The minimum absolute atomic E-state index is 0.623. The highest BCUT2D eigenvalue weighted by atomic mass is 15.1. The molecule has 0 atom stereocenters. The smallest absolute Gasteiger partial charge is 0.00294 e. The Balaban J connectivity index is 2.30. The lowest BCUT2D eigenvalue weighted by molar-refractivity contribution is 0.0202. The van der Waals surface area contributed by atoms with Crippen molar-refractivity contribution in [2.45, 2.75) is 33.6 Å². The van der Waals surface area contributed by atoms with Crippen molar-refractivity contribution in [3.05, 3.63) is 0 Å². The van der Waals surface area contributed by atoms with Crippen LogP contribution in [0.2, 0.25) is 0 Å². The van der Waals surface area contributed by atoms with E-state index >= 15 is 0 Å². The van der Waals surface area contributed by atoms with E-state index in [2.05, 4.69) is 39.8 Å². The van der Waals surface area contributed by atoms with Gasteiger partial charge in [0.25, 0.3) is 0 Å². The van der Waals surface area contributed by atoms with Crippen molar-refractivity contribution in [1.29, 1.82) is 0 Å². The van der Waals surface area contributed by atoms with Crippen LogP contribution in [0.15, 0.2) is 0 Å². The highest BCUT2D eigenvalue weighted by molar-refractivity contribution is 4.92. The van der Waals surface area contributed by atoms with Crippen molar-refractivity contribution in [1.82, 2.24) is 4.90 Å². The predicted octanol–water partition coefficient (Wildman–Crippen LogP) is 2.62. The van der Waals surface area contributed by atoms with Crippen LogP contribution in [0.4, 0.5) is 0 Å². The van der Waals surface area contributed by atoms with Crippen LogP contribution in [0.5, 0.6) is 0 Å². The molecule has 0 heterocycles. The molecule has 12 heavy (non-hydrogen) atoms. The summed E-state index contributed by atoms with van der Waals surface area (Å²) in [4.78, 5) is 2.32. The number of hydrogen-bond acceptors (Lipinski definition) is 1. The highest BCUT2D eigenvalue weighted by Crippen LogP contribution is 2.48. The highest BCUT2D eigenvalue weighted by Gasteiger charge is 2.41. The Labute approximate surface area is 77.1 Å². The summed E-state index contributed by atoms with van der Waals surface area (Å²) in [7, 11) is 4.35. The third-order valence-corrected chi connectivity index (χ3v) is 3.15. The molecule has 0 saturated heterocycles. The molecule has 0 N–H and O–H groups in total. The predicted molar refractivity (Wildman–Crippen MR) is 54.2 cm³/mol. The van der Waals surface area contributed by atoms with E-state index in [4.69, 9.17) is 0 Å². The van der Waals surface area contributed by atoms with Gasteiger partial charge in [-0.05, 0) is 44.2 Å². The van der Waals surface area contributed by atoms with Crippen LogP contribution >= 0.6 is 0 Å². The Morgan fingerprint density at radius 3 is 2.17 bits per heavy atom. The van der Waals surface area contributed by atoms with E-state index in [0.717, 1.165) is 11.8 Å². The average molecular weight is 169 g/mol. The van der Waals surface area contributed by atoms with Gasteiger partial charge in [-0.25, -0.2) is 0 Å². The molecule has 1 aliphatic rings. The number of nitrogens with zero attached hydrogens (tertiary/aromatic N) is 1. The van der Waals surface area contributed by atoms with Crippen LogP contribution in [0.25, 0.3) is 0 Å². The number of rotatable bonds is 3. The monoisotopic (exact) mass is 169 g/mol. The molecule has 1 heteroatoms. The molecule has 0 unspecified atom stereocenters. The Kier molecular flexibility index (Phi) is 2.82. The van der Waals surface area contributed by atoms with Gasteiger partial charge < -0.3 is 4.90 Å². The lowest BCUT2D eigenvalue weighted by atomic mass is 9.59. The molecule has 0 aromatic carbocycles. The molecule has 0 aromatic heterocycles. The van der Waals surface area contributed by atoms with Gasteiger partial charge in [-0.1, -0.05) is 20.8 Å². The van der Waals surface area contributed by atoms with E-state index in [1.807, 2.05) is 0 Å². The molecule has 1 saturated carbocycles. The summed E-state index contributed by atoms with van der Waals surface area (Å²) in [6, 6.07) is 0. The van der Waals surface area contributed by atoms with E-state index in [-0.39, 0.29) is 0 Å². The Bertz CT molecular complexity index is 143. The lowest BCUT2D eigenvalue weighted by Gasteiger charge is -2.48. The fraction of sp³-hybridized carbons (Fsp3) is 1.00. The molecule has 1 fully saturated rings. The topological polar surface area (TPSA) is 3.24 Å². The van der Waals surface area contributed by atoms with Crippen molar-refractivity contribution in [2.75, 3.05) is 20.6 Å². The van der Waals surface area contributed by atoms with Crippen LogP contribution in [-0.2, 0) is 0 Å². The first-order chi connectivity index (χ1) is 5.43. The third-order valence-electron chi connectivity index (χ3n) is 3.15. The molecule has 0 aliphatic heterocycles. The quantitative estimate of drug-likeness (QED) is 0.628. The molecule has 1 nitrogen and oxygen atoms in total. The van der Waals surface area contributed by atoms with Gasteiger partial charge in [0.2, 0.25) is 0 Å². The lowest BCUT2D eigenvalue weighted by Crippen LogP contribution is -2.43. The van der Waals surface area contributed by atoms with Crippen LogP contribution < -0.4 is 0 Å². The molecule has 0 radical (unpaired) electrons. The maximum atomic E-state index is 2.42. The van der Waals surface area contributed by atoms with Gasteiger partial charge in [0.05, 0.1) is 0 Å². The minimum atomic E-state index is 0.623. The van der Waals surface area contributed by atoms with Gasteiger partial charge in [-0.3, -0.25) is 0 Å². The molecular weight excluding hydrogens is 146 g/mol. The molecule has 72 valence electrons. The Hall–Kier alpha value is -0.0400. The third kappa shape index (κ3) is 2.22. The van der Waals surface area contributed by atoms with Crippen LogP contribution in [0.1, 0.15) is 33.6 Å². The second kappa shape index (κ2) is 3.37. The first kappa shape index (κ1) is 10.0. The Morgan fingerprint density at radius 1 is 1.33 bits per heavy atom. The van der Waals surface area contributed by atoms with Crippen molar-refractivity contribution in [2.24, 2.45) is 17.3 Å². The minimum Gasteiger partial charge on any atom is -0.309 e. The molecule has 0 aromatic rings. The van der Waals surface area contributed by atoms with Gasteiger partial charge in [0.15, 0.2) is 0 Å². The average Bonchev–Trinajstić information content (AvgIpc) is 1.80. The van der Waals surface area contributed by atoms with Crippen molar-refractivity contribution in [3.8, 4) is 0 Å². The molecule has 0 amide bonds. The summed E-state index contributed by atoms with van der Waals surface area (Å²) in [5.74, 6) is 1.88. The SMILES string of the molecule is CC(C)C1CC(C)(CN(C)C)C1. The summed E-state index contributed by atoms with van der Waals surface area (Å²) in [5, 5.41) is 0. The fourth-order valence-electron chi connectivity index (χ4n) is 2.57. The van der Waals surface area contributed by atoms with Crippen LogP contribution in [-0.4, -0.2) is 25.5 Å². The summed E-state index contributed by atoms with van der Waals surface area (Å²) in [5.41, 5.74) is 0.623. The maximum absolute atomic E-state index is 2.42. The van der Waals surface area contributed by atoms with Crippen LogP contribution in [0, 0.1) is 17.3 Å². The van der Waals surface area contributed by atoms with E-state index < -0.39 is 0 Å². The standard InChI is InChI=1S/C11H23N/c1-9(2)10-6-11(3,7-10)8-12(4)5/h9-10H,6-8H2,1-5H3. The molecule has 1 rings (SSSR count). The Morgan fingerprint density at radius 2 is 1.83 bits per heavy atom. The van der Waals surface area contributed by atoms with Crippen molar-refractivity contribution < 1.29 is 0 Å². The molecular formula is C11H23N. The molecule has 0 bridgehead atoms. The first-order valence-electron chi connectivity index (χ1n) is 5.08. The van der Waals surface area contributed by atoms with Gasteiger partial charge in [-0.2, -0.15) is 0 Å². The normalized spacial score (nSPS) is 35.8. The first-order valence-corrected chi connectivity index (χ1v) is 5.08. The van der Waals surface area contributed by atoms with Gasteiger partial charge >= 0.3 is 0 Å². The zero-order valence-electron chi connectivity index (χ0n) is 9.22. The van der Waals surface area contributed by atoms with Crippen LogP contribution in [0.3, 0.4) is 0 Å². The number of hydrogen-bond donors (Lipinski definition) is 0. The summed E-state index contributed by atoms with van der Waals surface area (Å²) in [6.07, 6.45) is 2.87. The van der Waals surface area contributed by atoms with Crippen molar-refractivity contribution >= 4 is 0 Å². The van der Waals surface area contributed by atoms with Gasteiger partial charge in [0, 0.05) is 6.54 Å². The largest absolute Gasteiger partial charge is 0.309 e. The second-order valence-electron chi connectivity index (χ2n) is 5.46. The summed E-state index contributed by atoms with van der Waals surface area (Å²) < 4.78 is 0. The van der Waals surface area contributed by atoms with E-state index in [1.54, 1.807) is 0 Å². The fourth-order valence-corrected chi connectivity index (χ4v) is 2.57. The zero-order valence-corrected chi connectivity index (χ0v) is 9.22. The zero-order chi connectivity index (χ0) is 9.35. The van der Waals surface area contributed by atoms with E-state index in [1.165, 1.54) is 19.4 Å². The van der Waals surface area contributed by atoms with E-state index in [9.17, 15) is 0 Å². The summed E-state index contributed by atoms with van der Waals surface area (Å²) >= 11 is 0. The van der Waals surface area contributed by atoms with Gasteiger partial charge in [-0.15, -0.1) is 0 Å². The molecule has 1 aliphatic carbocycles. The van der Waals surface area contributed by atoms with Crippen molar-refractivity contribution in [3.63, 3.8) is 0 Å². The summed E-state index contributed by atoms with van der Waals surface area (Å²) in [6.45, 7) is 8.38. The maximum Gasteiger partial charge on any atom is 0.00294 e. The van der Waals surface area contributed by atoms with Gasteiger partial charge in [0.1, 0.15) is 0 Å². The molecule has 0 spiro atoms. The second-order valence-corrected chi connectivity index (χ2v) is 5.46.